The van der Waals surface area contributed by atoms with Gasteiger partial charge in [-0.3, -0.25) is 0 Å². The number of rotatable bonds is 8. The van der Waals surface area contributed by atoms with Gasteiger partial charge in [0.15, 0.2) is 5.79 Å². The van der Waals surface area contributed by atoms with Crippen molar-refractivity contribution in [1.82, 2.24) is 0 Å². The predicted molar refractivity (Wildman–Crippen MR) is 87.3 cm³/mol. The van der Waals surface area contributed by atoms with Crippen LogP contribution in [0.25, 0.3) is 0 Å². The summed E-state index contributed by atoms with van der Waals surface area (Å²) >= 11 is 0. The first-order valence-electron chi connectivity index (χ1n) is 7.81. The van der Waals surface area contributed by atoms with Gasteiger partial charge < -0.3 is 24.1 Å². The number of hydrogen-bond acceptors (Lipinski definition) is 5. The average Bonchev–Trinajstić information content (AvgIpc) is 2.84. The zero-order chi connectivity index (χ0) is 16.9. The lowest BCUT2D eigenvalue weighted by molar-refractivity contribution is -0.164. The number of ether oxygens (including phenoxy) is 4. The fourth-order valence-corrected chi connectivity index (χ4v) is 2.70. The quantitative estimate of drug-likeness (QED) is 0.746. The van der Waals surface area contributed by atoms with E-state index in [1.807, 2.05) is 38.1 Å². The highest BCUT2D eigenvalue weighted by molar-refractivity contribution is 5.26. The first-order valence-corrected chi connectivity index (χ1v) is 7.81. The van der Waals surface area contributed by atoms with Crippen LogP contribution in [0.15, 0.2) is 36.9 Å². The predicted octanol–water partition coefficient (Wildman–Crippen LogP) is 2.67. The van der Waals surface area contributed by atoms with E-state index in [2.05, 4.69) is 6.58 Å². The second-order valence-electron chi connectivity index (χ2n) is 6.04. The molecule has 0 aromatic heterocycles. The van der Waals surface area contributed by atoms with Crippen molar-refractivity contribution in [3.8, 4) is 5.75 Å². The molecule has 2 rings (SSSR count). The van der Waals surface area contributed by atoms with Gasteiger partial charge in [0.2, 0.25) is 0 Å². The van der Waals surface area contributed by atoms with Crippen molar-refractivity contribution in [2.45, 2.75) is 51.0 Å². The van der Waals surface area contributed by atoms with Gasteiger partial charge in [-0.15, -0.1) is 6.58 Å². The van der Waals surface area contributed by atoms with E-state index in [0.29, 0.717) is 13.0 Å². The van der Waals surface area contributed by atoms with Crippen molar-refractivity contribution in [2.24, 2.45) is 0 Å². The van der Waals surface area contributed by atoms with Crippen LogP contribution in [0.2, 0.25) is 0 Å². The number of methoxy groups -OCH3 is 1. The fraction of sp³-hybridized carbons (Fsp3) is 0.556. The molecule has 0 amide bonds. The number of hydrogen-bond donors (Lipinski definition) is 1. The summed E-state index contributed by atoms with van der Waals surface area (Å²) in [5.41, 5.74) is 1.00. The summed E-state index contributed by atoms with van der Waals surface area (Å²) in [4.78, 5) is 0. The Bertz CT molecular complexity index is 497. The Morgan fingerprint density at radius 1 is 1.30 bits per heavy atom. The Labute approximate surface area is 137 Å². The third kappa shape index (κ3) is 4.78. The van der Waals surface area contributed by atoms with Crippen LogP contribution in [0.5, 0.6) is 5.75 Å². The molecule has 1 N–H and O–H groups in total. The van der Waals surface area contributed by atoms with Gasteiger partial charge in [-0.2, -0.15) is 0 Å². The first-order chi connectivity index (χ1) is 11.0. The molecule has 1 aliphatic heterocycles. The lowest BCUT2D eigenvalue weighted by Gasteiger charge is -2.25. The van der Waals surface area contributed by atoms with Gasteiger partial charge >= 0.3 is 0 Å². The van der Waals surface area contributed by atoms with Crippen LogP contribution in [0, 0.1) is 0 Å². The van der Waals surface area contributed by atoms with Gasteiger partial charge in [-0.05, 0) is 38.0 Å². The SMILES string of the molecule is C=CCC1OC(C)(C)OC1[C@@H](CO)OCc1ccc(OC)cc1. The van der Waals surface area contributed by atoms with Gasteiger partial charge in [0, 0.05) is 0 Å². The maximum Gasteiger partial charge on any atom is 0.163 e. The van der Waals surface area contributed by atoms with Crippen molar-refractivity contribution in [2.75, 3.05) is 13.7 Å². The highest BCUT2D eigenvalue weighted by Crippen LogP contribution is 2.33. The molecule has 5 heteroatoms. The molecule has 1 aliphatic rings. The molecule has 1 aromatic rings. The van der Waals surface area contributed by atoms with Crippen LogP contribution < -0.4 is 4.74 Å². The van der Waals surface area contributed by atoms with Gasteiger partial charge in [-0.1, -0.05) is 18.2 Å². The summed E-state index contributed by atoms with van der Waals surface area (Å²) in [5, 5.41) is 9.70. The smallest absolute Gasteiger partial charge is 0.163 e. The molecular formula is C18H26O5. The highest BCUT2D eigenvalue weighted by atomic mass is 16.8. The topological polar surface area (TPSA) is 57.2 Å². The maximum atomic E-state index is 9.70. The monoisotopic (exact) mass is 322 g/mol. The molecule has 1 heterocycles. The van der Waals surface area contributed by atoms with Crippen LogP contribution in [-0.4, -0.2) is 42.9 Å². The number of benzene rings is 1. The molecule has 0 radical (unpaired) electrons. The molecule has 0 saturated carbocycles. The van der Waals surface area contributed by atoms with E-state index in [0.717, 1.165) is 11.3 Å². The van der Waals surface area contributed by atoms with E-state index in [-0.39, 0.29) is 18.8 Å². The van der Waals surface area contributed by atoms with Crippen molar-refractivity contribution >= 4 is 0 Å². The molecule has 3 atom stereocenters. The molecule has 5 nitrogen and oxygen atoms in total. The van der Waals surface area contributed by atoms with Gasteiger partial charge in [-0.25, -0.2) is 0 Å². The Balaban J connectivity index is 1.98. The van der Waals surface area contributed by atoms with E-state index < -0.39 is 11.9 Å². The average molecular weight is 322 g/mol. The van der Waals surface area contributed by atoms with E-state index >= 15 is 0 Å². The molecule has 1 fully saturated rings. The van der Waals surface area contributed by atoms with Crippen molar-refractivity contribution in [3.63, 3.8) is 0 Å². The third-order valence-corrected chi connectivity index (χ3v) is 3.79. The van der Waals surface area contributed by atoms with Crippen molar-refractivity contribution < 1.29 is 24.1 Å². The second-order valence-corrected chi connectivity index (χ2v) is 6.04. The lowest BCUT2D eigenvalue weighted by Crippen LogP contribution is -2.39. The molecule has 1 saturated heterocycles. The summed E-state index contributed by atoms with van der Waals surface area (Å²) in [6.45, 7) is 7.73. The molecule has 23 heavy (non-hydrogen) atoms. The van der Waals surface area contributed by atoms with E-state index in [4.69, 9.17) is 18.9 Å². The van der Waals surface area contributed by atoms with Crippen LogP contribution in [0.4, 0.5) is 0 Å². The number of aliphatic hydroxyl groups excluding tert-OH is 1. The highest BCUT2D eigenvalue weighted by Gasteiger charge is 2.44. The van der Waals surface area contributed by atoms with Gasteiger partial charge in [0.25, 0.3) is 0 Å². The van der Waals surface area contributed by atoms with Crippen molar-refractivity contribution in [1.29, 1.82) is 0 Å². The maximum absolute atomic E-state index is 9.70. The van der Waals surface area contributed by atoms with Crippen LogP contribution in [0.1, 0.15) is 25.8 Å². The standard InChI is InChI=1S/C18H26O5/c1-5-6-15-17(23-18(2,3)22-15)16(11-19)21-12-13-7-9-14(20-4)10-8-13/h5,7-10,15-17,19H,1,6,11-12H2,2-4H3/t15?,16-,17?/m1/s1. The summed E-state index contributed by atoms with van der Waals surface area (Å²) in [6.07, 6.45) is 1.49. The summed E-state index contributed by atoms with van der Waals surface area (Å²) in [7, 11) is 1.63. The molecule has 0 spiro atoms. The minimum atomic E-state index is -0.685. The first kappa shape index (κ1) is 17.9. The van der Waals surface area contributed by atoms with E-state index in [1.54, 1.807) is 13.2 Å². The zero-order valence-corrected chi connectivity index (χ0v) is 14.0. The normalized spacial score (nSPS) is 24.3. The van der Waals surface area contributed by atoms with Crippen LogP contribution >= 0.6 is 0 Å². The summed E-state index contributed by atoms with van der Waals surface area (Å²) in [6, 6.07) is 7.63. The van der Waals surface area contributed by atoms with E-state index in [1.165, 1.54) is 0 Å². The largest absolute Gasteiger partial charge is 0.497 e. The van der Waals surface area contributed by atoms with Gasteiger partial charge in [0.05, 0.1) is 26.4 Å². The number of aliphatic hydroxyl groups is 1. The summed E-state index contributed by atoms with van der Waals surface area (Å²) < 4.78 is 22.8. The van der Waals surface area contributed by atoms with Gasteiger partial charge in [0.1, 0.15) is 18.0 Å². The molecule has 0 bridgehead atoms. The Hall–Kier alpha value is -1.40. The Kier molecular flexibility index (Phi) is 6.18. The molecule has 1 aromatic carbocycles. The minimum Gasteiger partial charge on any atom is -0.497 e. The Morgan fingerprint density at radius 3 is 2.57 bits per heavy atom. The molecular weight excluding hydrogens is 296 g/mol. The second kappa shape index (κ2) is 7.93. The Morgan fingerprint density at radius 2 is 2.00 bits per heavy atom. The van der Waals surface area contributed by atoms with Crippen LogP contribution in [-0.2, 0) is 20.8 Å². The zero-order valence-electron chi connectivity index (χ0n) is 14.0. The van der Waals surface area contributed by atoms with Crippen molar-refractivity contribution in [3.05, 3.63) is 42.5 Å². The summed E-state index contributed by atoms with van der Waals surface area (Å²) in [5.74, 6) is 0.114. The molecule has 128 valence electrons. The molecule has 2 unspecified atom stereocenters. The third-order valence-electron chi connectivity index (χ3n) is 3.79. The minimum absolute atomic E-state index is 0.131. The molecule has 0 aliphatic carbocycles. The van der Waals surface area contributed by atoms with E-state index in [9.17, 15) is 5.11 Å². The lowest BCUT2D eigenvalue weighted by atomic mass is 10.1. The fourth-order valence-electron chi connectivity index (χ4n) is 2.70. The van der Waals surface area contributed by atoms with Crippen LogP contribution in [0.3, 0.4) is 0 Å².